The number of hydrogen-bond acceptors (Lipinski definition) is 0. The fourth-order valence-corrected chi connectivity index (χ4v) is 0.582. The first-order valence-corrected chi connectivity index (χ1v) is 3.63. The summed E-state index contributed by atoms with van der Waals surface area (Å²) in [5, 5.41) is -0.964. The molecule has 0 aliphatic heterocycles. The van der Waals surface area contributed by atoms with Crippen molar-refractivity contribution < 1.29 is 4.39 Å². The first-order chi connectivity index (χ1) is 3.77. The van der Waals surface area contributed by atoms with Crippen LogP contribution in [0.25, 0.3) is 0 Å². The van der Waals surface area contributed by atoms with Crippen LogP contribution in [0, 0.1) is 0 Å². The lowest BCUT2D eigenvalue weighted by molar-refractivity contribution is 0.528. The van der Waals surface area contributed by atoms with Crippen LogP contribution < -0.4 is 0 Å². The van der Waals surface area contributed by atoms with Crippen molar-refractivity contribution in [2.24, 2.45) is 0 Å². The Balaban J connectivity index is 3.07. The van der Waals surface area contributed by atoms with Crippen molar-refractivity contribution in [2.45, 2.75) is 24.8 Å². The van der Waals surface area contributed by atoms with Crippen LogP contribution >= 0.6 is 15.9 Å². The standard InChI is InChI=1S/C6H10BrF/c1-2-3-4-5-6(7)8/h4-6H,2-3H2,1H3. The van der Waals surface area contributed by atoms with Gasteiger partial charge in [0.2, 0.25) is 0 Å². The number of allylic oxidation sites excluding steroid dienone is 2. The predicted molar refractivity (Wildman–Crippen MR) is 37.9 cm³/mol. The molecule has 0 spiro atoms. The van der Waals surface area contributed by atoms with E-state index in [4.69, 9.17) is 0 Å². The van der Waals surface area contributed by atoms with Crippen molar-refractivity contribution in [1.82, 2.24) is 0 Å². The van der Waals surface area contributed by atoms with Crippen LogP contribution in [0.15, 0.2) is 12.2 Å². The molecule has 8 heavy (non-hydrogen) atoms. The summed E-state index contributed by atoms with van der Waals surface area (Å²) >= 11 is 2.75. The number of alkyl halides is 2. The maximum atomic E-state index is 11.9. The van der Waals surface area contributed by atoms with E-state index in [1.807, 2.05) is 6.08 Å². The zero-order chi connectivity index (χ0) is 6.41. The highest BCUT2D eigenvalue weighted by molar-refractivity contribution is 9.09. The molecule has 0 aromatic heterocycles. The average molecular weight is 181 g/mol. The van der Waals surface area contributed by atoms with Gasteiger partial charge >= 0.3 is 0 Å². The molecule has 2 heteroatoms. The van der Waals surface area contributed by atoms with Crippen molar-refractivity contribution in [3.63, 3.8) is 0 Å². The van der Waals surface area contributed by atoms with Crippen molar-refractivity contribution in [3.8, 4) is 0 Å². The third kappa shape index (κ3) is 6.15. The van der Waals surface area contributed by atoms with Gasteiger partial charge in [0, 0.05) is 0 Å². The Morgan fingerprint density at radius 1 is 1.75 bits per heavy atom. The van der Waals surface area contributed by atoms with Crippen molar-refractivity contribution >= 4 is 15.9 Å². The molecule has 0 heterocycles. The second kappa shape index (κ2) is 5.29. The zero-order valence-electron chi connectivity index (χ0n) is 4.90. The van der Waals surface area contributed by atoms with Gasteiger partial charge in [0.25, 0.3) is 0 Å². The summed E-state index contributed by atoms with van der Waals surface area (Å²) in [6.45, 7) is 2.06. The third-order valence-corrected chi connectivity index (χ3v) is 1.04. The lowest BCUT2D eigenvalue weighted by atomic mass is 10.3. The van der Waals surface area contributed by atoms with Crippen molar-refractivity contribution in [1.29, 1.82) is 0 Å². The molecule has 0 aliphatic carbocycles. The van der Waals surface area contributed by atoms with E-state index in [2.05, 4.69) is 22.9 Å². The average Bonchev–Trinajstić information content (AvgIpc) is 1.66. The molecular weight excluding hydrogens is 171 g/mol. The Labute approximate surface area is 57.9 Å². The minimum absolute atomic E-state index is 0.964. The van der Waals surface area contributed by atoms with E-state index in [-0.39, 0.29) is 0 Å². The lowest BCUT2D eigenvalue weighted by Crippen LogP contribution is -1.75. The molecule has 1 atom stereocenters. The van der Waals surface area contributed by atoms with Crippen LogP contribution in [0.1, 0.15) is 19.8 Å². The SMILES string of the molecule is CCCC=CC(F)Br. The van der Waals surface area contributed by atoms with Crippen LogP contribution in [-0.2, 0) is 0 Å². The molecule has 0 N–H and O–H groups in total. The van der Waals surface area contributed by atoms with Gasteiger partial charge in [-0.3, -0.25) is 0 Å². The van der Waals surface area contributed by atoms with E-state index in [0.29, 0.717) is 0 Å². The summed E-state index contributed by atoms with van der Waals surface area (Å²) in [5.74, 6) is 0. The van der Waals surface area contributed by atoms with Crippen molar-refractivity contribution in [2.75, 3.05) is 0 Å². The smallest absolute Gasteiger partial charge is 0.173 e. The monoisotopic (exact) mass is 180 g/mol. The summed E-state index contributed by atoms with van der Waals surface area (Å²) in [7, 11) is 0. The maximum Gasteiger partial charge on any atom is 0.173 e. The minimum Gasteiger partial charge on any atom is -0.230 e. The Morgan fingerprint density at radius 2 is 2.38 bits per heavy atom. The van der Waals surface area contributed by atoms with Gasteiger partial charge in [-0.25, -0.2) is 4.39 Å². The summed E-state index contributed by atoms with van der Waals surface area (Å²) in [4.78, 5) is 0. The van der Waals surface area contributed by atoms with Gasteiger partial charge < -0.3 is 0 Å². The summed E-state index contributed by atoms with van der Waals surface area (Å²) in [6.07, 6.45) is 5.38. The first-order valence-electron chi connectivity index (χ1n) is 2.72. The fraction of sp³-hybridized carbons (Fsp3) is 0.667. The Hall–Kier alpha value is 0.150. The molecule has 0 radical (unpaired) electrons. The van der Waals surface area contributed by atoms with Crippen LogP contribution in [0.3, 0.4) is 0 Å². The van der Waals surface area contributed by atoms with Gasteiger partial charge in [0.15, 0.2) is 5.08 Å². The molecule has 0 amide bonds. The number of unbranched alkanes of at least 4 members (excludes halogenated alkanes) is 1. The Kier molecular flexibility index (Phi) is 5.39. The largest absolute Gasteiger partial charge is 0.230 e. The van der Waals surface area contributed by atoms with Crippen LogP contribution in [-0.4, -0.2) is 5.08 Å². The second-order valence-electron chi connectivity index (χ2n) is 1.55. The minimum atomic E-state index is -0.964. The highest BCUT2D eigenvalue weighted by Crippen LogP contribution is 2.02. The van der Waals surface area contributed by atoms with Crippen LogP contribution in [0.2, 0.25) is 0 Å². The molecule has 0 saturated heterocycles. The van der Waals surface area contributed by atoms with Crippen LogP contribution in [0.4, 0.5) is 4.39 Å². The molecule has 0 nitrogen and oxygen atoms in total. The van der Waals surface area contributed by atoms with Gasteiger partial charge in [-0.2, -0.15) is 0 Å². The summed E-state index contributed by atoms with van der Waals surface area (Å²) in [6, 6.07) is 0. The molecule has 0 aromatic rings. The van der Waals surface area contributed by atoms with Crippen molar-refractivity contribution in [3.05, 3.63) is 12.2 Å². The molecule has 1 unspecified atom stereocenters. The van der Waals surface area contributed by atoms with Gasteiger partial charge in [0.05, 0.1) is 0 Å². The first kappa shape index (κ1) is 8.15. The highest BCUT2D eigenvalue weighted by Gasteiger charge is 1.87. The third-order valence-electron chi connectivity index (χ3n) is 0.737. The maximum absolute atomic E-state index is 11.9. The topological polar surface area (TPSA) is 0 Å². The van der Waals surface area contributed by atoms with Gasteiger partial charge in [-0.1, -0.05) is 19.4 Å². The molecule has 0 aliphatic rings. The van der Waals surface area contributed by atoms with Crippen LogP contribution in [0.5, 0.6) is 0 Å². The van der Waals surface area contributed by atoms with Gasteiger partial charge in [-0.05, 0) is 28.4 Å². The highest BCUT2D eigenvalue weighted by atomic mass is 79.9. The van der Waals surface area contributed by atoms with E-state index >= 15 is 0 Å². The Bertz CT molecular complexity index is 68.9. The molecule has 0 rings (SSSR count). The number of halogens is 2. The van der Waals surface area contributed by atoms with E-state index in [1.54, 1.807) is 0 Å². The molecule has 0 fully saturated rings. The predicted octanol–water partition coefficient (Wildman–Crippen LogP) is 3.03. The van der Waals surface area contributed by atoms with Gasteiger partial charge in [0.1, 0.15) is 0 Å². The number of rotatable bonds is 3. The van der Waals surface area contributed by atoms with E-state index < -0.39 is 5.08 Å². The zero-order valence-corrected chi connectivity index (χ0v) is 6.49. The lowest BCUT2D eigenvalue weighted by Gasteiger charge is -1.85. The molecular formula is C6H10BrF. The molecule has 48 valence electrons. The van der Waals surface area contributed by atoms with Gasteiger partial charge in [-0.15, -0.1) is 0 Å². The Morgan fingerprint density at radius 3 is 2.75 bits per heavy atom. The van der Waals surface area contributed by atoms with E-state index in [1.165, 1.54) is 6.08 Å². The summed E-state index contributed by atoms with van der Waals surface area (Å²) < 4.78 is 11.9. The second-order valence-corrected chi connectivity index (χ2v) is 2.43. The summed E-state index contributed by atoms with van der Waals surface area (Å²) in [5.41, 5.74) is 0. The number of hydrogen-bond donors (Lipinski definition) is 0. The van der Waals surface area contributed by atoms with E-state index in [9.17, 15) is 4.39 Å². The molecule has 0 aromatic carbocycles. The molecule has 0 saturated carbocycles. The molecule has 0 bridgehead atoms. The quantitative estimate of drug-likeness (QED) is 0.463. The van der Waals surface area contributed by atoms with E-state index in [0.717, 1.165) is 12.8 Å². The normalized spacial score (nSPS) is 14.9. The fourth-order valence-electron chi connectivity index (χ4n) is 0.366.